The number of aryl methyl sites for hydroxylation is 1. The Labute approximate surface area is 200 Å². The minimum Gasteiger partial charge on any atom is -0.463 e. The number of fused-ring (bicyclic) bond motifs is 4. The van der Waals surface area contributed by atoms with E-state index in [4.69, 9.17) is 4.42 Å². The highest BCUT2D eigenvalue weighted by atomic mass is 79.9. The van der Waals surface area contributed by atoms with Crippen molar-refractivity contribution in [3.63, 3.8) is 0 Å². The normalized spacial score (nSPS) is 11.6. The molecule has 34 heavy (non-hydrogen) atoms. The number of hydrogen-bond donors (Lipinski definition) is 1. The van der Waals surface area contributed by atoms with Gasteiger partial charge in [-0.2, -0.15) is 10.1 Å². The van der Waals surface area contributed by atoms with Crippen LogP contribution in [-0.4, -0.2) is 19.3 Å². The van der Waals surface area contributed by atoms with E-state index in [1.807, 2.05) is 43.6 Å². The van der Waals surface area contributed by atoms with Crippen LogP contribution < -0.4 is 11.0 Å². The first-order chi connectivity index (χ1) is 16.4. The van der Waals surface area contributed by atoms with E-state index in [1.165, 1.54) is 10.6 Å². The fourth-order valence-corrected chi connectivity index (χ4v) is 4.84. The summed E-state index contributed by atoms with van der Waals surface area (Å²) < 4.78 is 24.1. The Balaban J connectivity index is 1.66. The van der Waals surface area contributed by atoms with Crippen molar-refractivity contribution in [2.45, 2.75) is 6.92 Å². The molecule has 7 nitrogen and oxygen atoms in total. The van der Waals surface area contributed by atoms with Gasteiger partial charge in [-0.1, -0.05) is 6.07 Å². The average molecular weight is 518 g/mol. The fourth-order valence-electron chi connectivity index (χ4n) is 4.31. The standard InChI is InChI=1S/C25H17BrFN5O2/c1-13-18(27)4-3-5-20(13)32-21-11-17(26)16-8-9-34-23(16)22(21)24(29-25(32)33)28-15-6-7-19-14(10-15)12-31(2)30-19/h3-12H,1-2H3,(H,28,29,33). The molecule has 0 unspecified atom stereocenters. The van der Waals surface area contributed by atoms with Crippen LogP contribution in [0.1, 0.15) is 5.56 Å². The zero-order valence-electron chi connectivity index (χ0n) is 18.1. The van der Waals surface area contributed by atoms with Crippen molar-refractivity contribution in [2.24, 2.45) is 7.05 Å². The highest BCUT2D eigenvalue weighted by molar-refractivity contribution is 9.10. The molecule has 168 valence electrons. The van der Waals surface area contributed by atoms with Crippen molar-refractivity contribution in [1.29, 1.82) is 0 Å². The minimum atomic E-state index is -0.538. The van der Waals surface area contributed by atoms with Gasteiger partial charge in [0.05, 0.1) is 28.4 Å². The van der Waals surface area contributed by atoms with Crippen molar-refractivity contribution in [3.05, 3.63) is 87.3 Å². The molecule has 0 bridgehead atoms. The molecule has 0 fully saturated rings. The Morgan fingerprint density at radius 1 is 1.15 bits per heavy atom. The first kappa shape index (κ1) is 20.6. The van der Waals surface area contributed by atoms with Gasteiger partial charge < -0.3 is 9.73 Å². The lowest BCUT2D eigenvalue weighted by atomic mass is 10.1. The Bertz CT molecular complexity index is 1820. The maximum atomic E-state index is 14.4. The summed E-state index contributed by atoms with van der Waals surface area (Å²) in [5.74, 6) is -0.0522. The van der Waals surface area contributed by atoms with Gasteiger partial charge in [0.25, 0.3) is 0 Å². The number of halogens is 2. The molecule has 6 rings (SSSR count). The van der Waals surface area contributed by atoms with Crippen molar-refractivity contribution in [2.75, 3.05) is 5.32 Å². The summed E-state index contributed by atoms with van der Waals surface area (Å²) in [5, 5.41) is 10.1. The van der Waals surface area contributed by atoms with E-state index in [9.17, 15) is 9.18 Å². The summed E-state index contributed by atoms with van der Waals surface area (Å²) in [5.41, 5.74) is 2.94. The lowest BCUT2D eigenvalue weighted by Gasteiger charge is -2.16. The molecule has 6 aromatic rings. The third kappa shape index (κ3) is 3.12. The predicted octanol–water partition coefficient (Wildman–Crippen LogP) is 5.97. The van der Waals surface area contributed by atoms with E-state index in [0.717, 1.165) is 26.4 Å². The summed E-state index contributed by atoms with van der Waals surface area (Å²) >= 11 is 3.58. The Morgan fingerprint density at radius 3 is 2.85 bits per heavy atom. The van der Waals surface area contributed by atoms with E-state index < -0.39 is 11.5 Å². The number of rotatable bonds is 3. The van der Waals surface area contributed by atoms with Gasteiger partial charge in [-0.15, -0.1) is 0 Å². The van der Waals surface area contributed by atoms with Crippen LogP contribution >= 0.6 is 15.9 Å². The predicted molar refractivity (Wildman–Crippen MR) is 134 cm³/mol. The fraction of sp³-hybridized carbons (Fsp3) is 0.0800. The van der Waals surface area contributed by atoms with Crippen LogP contribution in [0.25, 0.3) is 38.5 Å². The molecule has 0 saturated heterocycles. The molecule has 0 spiro atoms. The summed E-state index contributed by atoms with van der Waals surface area (Å²) in [6.07, 6.45) is 3.50. The molecule has 0 saturated carbocycles. The number of aromatic nitrogens is 4. The molecule has 3 heterocycles. The highest BCUT2D eigenvalue weighted by Crippen LogP contribution is 2.37. The van der Waals surface area contributed by atoms with Gasteiger partial charge in [0.1, 0.15) is 17.2 Å². The van der Waals surface area contributed by atoms with E-state index in [1.54, 1.807) is 30.0 Å². The number of hydrogen-bond acceptors (Lipinski definition) is 5. The van der Waals surface area contributed by atoms with E-state index in [0.29, 0.717) is 33.6 Å². The molecule has 0 aliphatic heterocycles. The number of benzene rings is 3. The van der Waals surface area contributed by atoms with Gasteiger partial charge in [0.2, 0.25) is 0 Å². The Morgan fingerprint density at radius 2 is 2.00 bits per heavy atom. The molecular weight excluding hydrogens is 501 g/mol. The molecule has 0 atom stereocenters. The molecule has 3 aromatic carbocycles. The van der Waals surface area contributed by atoms with E-state index in [-0.39, 0.29) is 0 Å². The smallest absolute Gasteiger partial charge is 0.354 e. The maximum absolute atomic E-state index is 14.4. The van der Waals surface area contributed by atoms with Crippen LogP contribution in [0.15, 0.2) is 74.7 Å². The second-order valence-electron chi connectivity index (χ2n) is 8.08. The second-order valence-corrected chi connectivity index (χ2v) is 8.93. The first-order valence-corrected chi connectivity index (χ1v) is 11.3. The van der Waals surface area contributed by atoms with Gasteiger partial charge in [0.15, 0.2) is 0 Å². The minimum absolute atomic E-state index is 0.348. The average Bonchev–Trinajstić information content (AvgIpc) is 3.42. The maximum Gasteiger partial charge on any atom is 0.354 e. The Kier molecular flexibility index (Phi) is 4.56. The lowest BCUT2D eigenvalue weighted by Crippen LogP contribution is -2.24. The zero-order valence-corrected chi connectivity index (χ0v) is 19.7. The molecule has 3 aromatic heterocycles. The summed E-state index contributed by atoms with van der Waals surface area (Å²) in [7, 11) is 1.86. The van der Waals surface area contributed by atoms with Crippen LogP contribution in [0.4, 0.5) is 15.9 Å². The molecule has 0 aliphatic rings. The van der Waals surface area contributed by atoms with Crippen molar-refractivity contribution in [3.8, 4) is 5.69 Å². The number of nitrogens with one attached hydrogen (secondary N) is 1. The quantitative estimate of drug-likeness (QED) is 0.312. The van der Waals surface area contributed by atoms with E-state index >= 15 is 0 Å². The molecule has 0 amide bonds. The molecule has 9 heteroatoms. The molecule has 0 radical (unpaired) electrons. The molecule has 0 aliphatic carbocycles. The van der Waals surface area contributed by atoms with Gasteiger partial charge >= 0.3 is 5.69 Å². The van der Waals surface area contributed by atoms with E-state index in [2.05, 4.69) is 31.3 Å². The monoisotopic (exact) mass is 517 g/mol. The van der Waals surface area contributed by atoms with Crippen LogP contribution in [-0.2, 0) is 7.05 Å². The van der Waals surface area contributed by atoms with Crippen LogP contribution in [0, 0.1) is 12.7 Å². The second kappa shape index (κ2) is 7.53. The number of anilines is 2. The SMILES string of the molecule is Cc1c(F)cccc1-n1c(=O)nc(Nc2ccc3nn(C)cc3c2)c2c3occc3c(Br)cc21. The van der Waals surface area contributed by atoms with Gasteiger partial charge in [0, 0.05) is 39.7 Å². The van der Waals surface area contributed by atoms with Gasteiger partial charge in [-0.25, -0.2) is 9.18 Å². The highest BCUT2D eigenvalue weighted by Gasteiger charge is 2.20. The summed E-state index contributed by atoms with van der Waals surface area (Å²) in [4.78, 5) is 17.7. The zero-order chi connectivity index (χ0) is 23.6. The third-order valence-electron chi connectivity index (χ3n) is 5.91. The first-order valence-electron chi connectivity index (χ1n) is 10.5. The molecular formula is C25H17BrFN5O2. The van der Waals surface area contributed by atoms with Crippen molar-refractivity contribution in [1.82, 2.24) is 19.3 Å². The summed E-state index contributed by atoms with van der Waals surface area (Å²) in [6, 6.07) is 14.0. The summed E-state index contributed by atoms with van der Waals surface area (Å²) in [6.45, 7) is 1.64. The number of furan rings is 1. The van der Waals surface area contributed by atoms with Crippen LogP contribution in [0.5, 0.6) is 0 Å². The van der Waals surface area contributed by atoms with Gasteiger partial charge in [-0.3, -0.25) is 9.25 Å². The largest absolute Gasteiger partial charge is 0.463 e. The van der Waals surface area contributed by atoms with Crippen molar-refractivity contribution < 1.29 is 8.81 Å². The Hall–Kier alpha value is -3.98. The number of nitrogens with zero attached hydrogens (tertiary/aromatic N) is 4. The van der Waals surface area contributed by atoms with Crippen LogP contribution in [0.2, 0.25) is 0 Å². The topological polar surface area (TPSA) is 77.9 Å². The van der Waals surface area contributed by atoms with Crippen LogP contribution in [0.3, 0.4) is 0 Å². The lowest BCUT2D eigenvalue weighted by molar-refractivity contribution is 0.616. The third-order valence-corrected chi connectivity index (χ3v) is 6.56. The van der Waals surface area contributed by atoms with Crippen molar-refractivity contribution >= 4 is 60.2 Å². The van der Waals surface area contributed by atoms with Gasteiger partial charge in [-0.05, 0) is 65.3 Å². The molecule has 1 N–H and O–H groups in total.